The second kappa shape index (κ2) is 8.94. The van der Waals surface area contributed by atoms with E-state index in [9.17, 15) is 9.59 Å². The summed E-state index contributed by atoms with van der Waals surface area (Å²) in [5, 5.41) is 8.74. The molecule has 0 aromatic heterocycles. The number of thiocarbonyl (C=S) groups is 1. The molecule has 0 bridgehead atoms. The highest BCUT2D eigenvalue weighted by Crippen LogP contribution is 2.23. The Balaban J connectivity index is 1.97. The van der Waals surface area contributed by atoms with Gasteiger partial charge in [0.1, 0.15) is 0 Å². The zero-order chi connectivity index (χ0) is 18.2. The summed E-state index contributed by atoms with van der Waals surface area (Å²) >= 11 is 5.21. The van der Waals surface area contributed by atoms with E-state index in [1.165, 1.54) is 0 Å². The minimum Gasteiger partial charge on any atom is -0.332 e. The van der Waals surface area contributed by atoms with Crippen molar-refractivity contribution in [2.24, 2.45) is 0 Å². The molecule has 0 fully saturated rings. The van der Waals surface area contributed by atoms with Crippen LogP contribution in [0.25, 0.3) is 0 Å². The number of nitrogens with one attached hydrogen (secondary N) is 3. The summed E-state index contributed by atoms with van der Waals surface area (Å²) in [5.74, 6) is -0.240. The lowest BCUT2D eigenvalue weighted by atomic mass is 10.1. The van der Waals surface area contributed by atoms with Crippen LogP contribution in [-0.4, -0.2) is 16.9 Å². The Morgan fingerprint density at radius 1 is 0.920 bits per heavy atom. The first-order chi connectivity index (χ1) is 12.0. The summed E-state index contributed by atoms with van der Waals surface area (Å²) < 4.78 is 0. The van der Waals surface area contributed by atoms with Crippen LogP contribution in [0.2, 0.25) is 0 Å². The van der Waals surface area contributed by atoms with Gasteiger partial charge in [-0.15, -0.1) is 0 Å². The van der Waals surface area contributed by atoms with E-state index in [1.807, 2.05) is 55.5 Å². The normalized spacial score (nSPS) is 10.0. The van der Waals surface area contributed by atoms with Gasteiger partial charge in [0.25, 0.3) is 0 Å². The molecule has 0 heterocycles. The molecule has 2 aromatic rings. The van der Waals surface area contributed by atoms with E-state index in [4.69, 9.17) is 12.2 Å². The smallest absolute Gasteiger partial charge is 0.230 e. The van der Waals surface area contributed by atoms with Crippen molar-refractivity contribution >= 4 is 40.5 Å². The first-order valence-electron chi connectivity index (χ1n) is 8.03. The number of carbonyl (C=O) groups is 2. The lowest BCUT2D eigenvalue weighted by Crippen LogP contribution is -2.35. The monoisotopic (exact) mass is 355 g/mol. The molecule has 0 radical (unpaired) electrons. The van der Waals surface area contributed by atoms with Gasteiger partial charge in [-0.1, -0.05) is 43.3 Å². The van der Waals surface area contributed by atoms with Crippen molar-refractivity contribution in [1.29, 1.82) is 0 Å². The average Bonchev–Trinajstić information content (AvgIpc) is 2.59. The summed E-state index contributed by atoms with van der Waals surface area (Å²) in [4.78, 5) is 23.6. The molecule has 0 saturated heterocycles. The highest BCUT2D eigenvalue weighted by Gasteiger charge is 2.10. The molecule has 0 aliphatic carbocycles. The number of hydrogen-bond donors (Lipinski definition) is 3. The van der Waals surface area contributed by atoms with Crippen LogP contribution in [0, 0.1) is 6.92 Å². The molecule has 0 spiro atoms. The maximum Gasteiger partial charge on any atom is 0.230 e. The largest absolute Gasteiger partial charge is 0.332 e. The van der Waals surface area contributed by atoms with Crippen molar-refractivity contribution in [2.75, 3.05) is 10.6 Å². The first-order valence-corrected chi connectivity index (χ1v) is 8.44. The molecule has 2 rings (SSSR count). The zero-order valence-corrected chi connectivity index (χ0v) is 15.1. The predicted octanol–water partition coefficient (Wildman–Crippen LogP) is 3.40. The summed E-state index contributed by atoms with van der Waals surface area (Å²) in [6.45, 7) is 3.67. The second-order valence-corrected chi connectivity index (χ2v) is 5.95. The molecule has 5 nitrogen and oxygen atoms in total. The van der Waals surface area contributed by atoms with Gasteiger partial charge in [0, 0.05) is 17.8 Å². The lowest BCUT2D eigenvalue weighted by molar-refractivity contribution is -0.119. The van der Waals surface area contributed by atoms with E-state index < -0.39 is 0 Å². The Morgan fingerprint density at radius 2 is 1.56 bits per heavy atom. The number of rotatable bonds is 5. The molecule has 6 heteroatoms. The third-order valence-corrected chi connectivity index (χ3v) is 3.84. The molecule has 0 unspecified atom stereocenters. The van der Waals surface area contributed by atoms with E-state index in [0.29, 0.717) is 6.42 Å². The minimum absolute atomic E-state index is 0.0565. The van der Waals surface area contributed by atoms with Crippen molar-refractivity contribution in [1.82, 2.24) is 5.32 Å². The van der Waals surface area contributed by atoms with Crippen LogP contribution in [-0.2, 0) is 16.0 Å². The van der Waals surface area contributed by atoms with Crippen LogP contribution < -0.4 is 16.0 Å². The van der Waals surface area contributed by atoms with Crippen molar-refractivity contribution < 1.29 is 9.59 Å². The van der Waals surface area contributed by atoms with Crippen LogP contribution in [0.1, 0.15) is 24.5 Å². The molecule has 0 aliphatic rings. The standard InChI is InChI=1S/C19H21N3O2S/c1-3-17(23)20-15-10-7-11-16(13(15)2)21-19(25)22-18(24)12-14-8-5-4-6-9-14/h4-11H,3,12H2,1-2H3,(H,20,23)(H2,21,22,24,25). The van der Waals surface area contributed by atoms with Gasteiger partial charge in [0.05, 0.1) is 6.42 Å². The van der Waals surface area contributed by atoms with Gasteiger partial charge in [-0.3, -0.25) is 9.59 Å². The quantitative estimate of drug-likeness (QED) is 0.719. The number of amides is 2. The van der Waals surface area contributed by atoms with Gasteiger partial charge in [-0.2, -0.15) is 0 Å². The van der Waals surface area contributed by atoms with E-state index in [0.717, 1.165) is 22.5 Å². The molecule has 0 atom stereocenters. The van der Waals surface area contributed by atoms with Crippen molar-refractivity contribution in [3.63, 3.8) is 0 Å². The highest BCUT2D eigenvalue weighted by molar-refractivity contribution is 7.80. The average molecular weight is 355 g/mol. The molecule has 130 valence electrons. The van der Waals surface area contributed by atoms with Crippen LogP contribution in [0.3, 0.4) is 0 Å². The van der Waals surface area contributed by atoms with Gasteiger partial charge in [-0.05, 0) is 42.4 Å². The maximum atomic E-state index is 12.1. The van der Waals surface area contributed by atoms with Gasteiger partial charge in [-0.25, -0.2) is 0 Å². The number of benzene rings is 2. The van der Waals surface area contributed by atoms with Crippen molar-refractivity contribution in [3.8, 4) is 0 Å². The Kier molecular flexibility index (Phi) is 6.65. The maximum absolute atomic E-state index is 12.1. The van der Waals surface area contributed by atoms with Crippen molar-refractivity contribution in [3.05, 3.63) is 59.7 Å². The molecule has 0 saturated carbocycles. The van der Waals surface area contributed by atoms with Crippen LogP contribution in [0.15, 0.2) is 48.5 Å². The predicted molar refractivity (Wildman–Crippen MR) is 105 cm³/mol. The Hall–Kier alpha value is -2.73. The van der Waals surface area contributed by atoms with Crippen LogP contribution in [0.4, 0.5) is 11.4 Å². The fourth-order valence-electron chi connectivity index (χ4n) is 2.25. The number of anilines is 2. The molecular weight excluding hydrogens is 334 g/mol. The third-order valence-electron chi connectivity index (χ3n) is 3.64. The Morgan fingerprint density at radius 3 is 2.20 bits per heavy atom. The van der Waals surface area contributed by atoms with Gasteiger partial charge in [0.2, 0.25) is 11.8 Å². The SMILES string of the molecule is CCC(=O)Nc1cccc(NC(=S)NC(=O)Cc2ccccc2)c1C. The zero-order valence-electron chi connectivity index (χ0n) is 14.3. The molecule has 2 aromatic carbocycles. The number of hydrogen-bond acceptors (Lipinski definition) is 3. The molecule has 3 N–H and O–H groups in total. The summed E-state index contributed by atoms with van der Waals surface area (Å²) in [6, 6.07) is 14.9. The molecular formula is C19H21N3O2S. The molecule has 25 heavy (non-hydrogen) atoms. The molecule has 0 aliphatic heterocycles. The van der Waals surface area contributed by atoms with Gasteiger partial charge in [0.15, 0.2) is 5.11 Å². The third kappa shape index (κ3) is 5.69. The highest BCUT2D eigenvalue weighted by atomic mass is 32.1. The van der Waals surface area contributed by atoms with Crippen molar-refractivity contribution in [2.45, 2.75) is 26.7 Å². The Labute approximate surface area is 152 Å². The van der Waals surface area contributed by atoms with Gasteiger partial charge >= 0.3 is 0 Å². The summed E-state index contributed by atoms with van der Waals surface area (Å²) in [6.07, 6.45) is 0.666. The summed E-state index contributed by atoms with van der Waals surface area (Å²) in [5.41, 5.74) is 3.22. The minimum atomic E-state index is -0.184. The topological polar surface area (TPSA) is 70.2 Å². The fraction of sp³-hybridized carbons (Fsp3) is 0.211. The second-order valence-electron chi connectivity index (χ2n) is 5.54. The van der Waals surface area contributed by atoms with Crippen LogP contribution >= 0.6 is 12.2 Å². The Bertz CT molecular complexity index is 775. The van der Waals surface area contributed by atoms with E-state index in [1.54, 1.807) is 6.92 Å². The first kappa shape index (κ1) is 18.6. The lowest BCUT2D eigenvalue weighted by Gasteiger charge is -2.15. The van der Waals surface area contributed by atoms with E-state index in [-0.39, 0.29) is 23.3 Å². The van der Waals surface area contributed by atoms with E-state index in [2.05, 4.69) is 16.0 Å². The molecule has 2 amide bonds. The van der Waals surface area contributed by atoms with Gasteiger partial charge < -0.3 is 16.0 Å². The fourth-order valence-corrected chi connectivity index (χ4v) is 2.47. The summed E-state index contributed by atoms with van der Waals surface area (Å²) in [7, 11) is 0. The van der Waals surface area contributed by atoms with Crippen LogP contribution in [0.5, 0.6) is 0 Å². The number of carbonyl (C=O) groups excluding carboxylic acids is 2. The van der Waals surface area contributed by atoms with E-state index >= 15 is 0 Å².